The predicted octanol–water partition coefficient (Wildman–Crippen LogP) is 1.09. The third-order valence-corrected chi connectivity index (χ3v) is 3.76. The number of piperazine rings is 1. The Morgan fingerprint density at radius 3 is 2.40 bits per heavy atom. The van der Waals surface area contributed by atoms with Crippen LogP contribution >= 0.6 is 0 Å². The van der Waals surface area contributed by atoms with Crippen molar-refractivity contribution in [1.82, 2.24) is 9.80 Å². The quantitative estimate of drug-likeness (QED) is 0.894. The van der Waals surface area contributed by atoms with Gasteiger partial charge in [-0.2, -0.15) is 0 Å². The first-order valence-electron chi connectivity index (χ1n) is 6.87. The van der Waals surface area contributed by atoms with Gasteiger partial charge in [-0.1, -0.05) is 18.2 Å². The monoisotopic (exact) mass is 276 g/mol. The van der Waals surface area contributed by atoms with Crippen LogP contribution in [0.1, 0.15) is 22.8 Å². The minimum Gasteiger partial charge on any atom is -0.478 e. The van der Waals surface area contributed by atoms with E-state index in [9.17, 15) is 9.59 Å². The number of rotatable bonds is 4. The first kappa shape index (κ1) is 14.5. The van der Waals surface area contributed by atoms with Crippen molar-refractivity contribution in [2.45, 2.75) is 13.3 Å². The molecule has 5 heteroatoms. The maximum absolute atomic E-state index is 11.2. The molecule has 108 valence electrons. The second-order valence-electron chi connectivity index (χ2n) is 5.06. The van der Waals surface area contributed by atoms with E-state index in [4.69, 9.17) is 5.11 Å². The first-order chi connectivity index (χ1) is 9.58. The summed E-state index contributed by atoms with van der Waals surface area (Å²) in [5.41, 5.74) is 1.25. The topological polar surface area (TPSA) is 60.9 Å². The molecule has 0 saturated carbocycles. The van der Waals surface area contributed by atoms with Crippen LogP contribution in [0.25, 0.3) is 0 Å². The fourth-order valence-corrected chi connectivity index (χ4v) is 2.51. The van der Waals surface area contributed by atoms with E-state index >= 15 is 0 Å². The van der Waals surface area contributed by atoms with Gasteiger partial charge >= 0.3 is 5.97 Å². The van der Waals surface area contributed by atoms with Crippen LogP contribution in [0, 0.1) is 0 Å². The van der Waals surface area contributed by atoms with Crippen LogP contribution in [0.15, 0.2) is 24.3 Å². The van der Waals surface area contributed by atoms with Crippen LogP contribution in [0.2, 0.25) is 0 Å². The number of aromatic carboxylic acids is 1. The molecule has 0 aliphatic carbocycles. The smallest absolute Gasteiger partial charge is 0.335 e. The number of carbonyl (C=O) groups is 2. The molecule has 0 aromatic heterocycles. The lowest BCUT2D eigenvalue weighted by Crippen LogP contribution is -2.48. The summed E-state index contributed by atoms with van der Waals surface area (Å²) < 4.78 is 0. The molecule has 0 unspecified atom stereocenters. The predicted molar refractivity (Wildman–Crippen MR) is 75.8 cm³/mol. The highest BCUT2D eigenvalue weighted by atomic mass is 16.4. The number of carboxylic acids is 1. The number of nitrogens with zero attached hydrogens (tertiary/aromatic N) is 2. The lowest BCUT2D eigenvalue weighted by Gasteiger charge is -2.34. The molecular formula is C15H20N2O3. The molecule has 0 spiro atoms. The molecule has 0 bridgehead atoms. The number of hydrogen-bond donors (Lipinski definition) is 1. The molecule has 1 aromatic carbocycles. The number of benzene rings is 1. The molecule has 1 N–H and O–H groups in total. The third-order valence-electron chi connectivity index (χ3n) is 3.76. The van der Waals surface area contributed by atoms with Gasteiger partial charge in [0.15, 0.2) is 0 Å². The molecule has 5 nitrogen and oxygen atoms in total. The molecule has 20 heavy (non-hydrogen) atoms. The zero-order valence-electron chi connectivity index (χ0n) is 11.7. The summed E-state index contributed by atoms with van der Waals surface area (Å²) in [5.74, 6) is -0.747. The van der Waals surface area contributed by atoms with Gasteiger partial charge < -0.3 is 10.0 Å². The van der Waals surface area contributed by atoms with Gasteiger partial charge in [0.25, 0.3) is 0 Å². The average Bonchev–Trinajstić information content (AvgIpc) is 2.45. The van der Waals surface area contributed by atoms with Crippen LogP contribution in [-0.4, -0.2) is 59.5 Å². The van der Waals surface area contributed by atoms with Crippen LogP contribution in [0.4, 0.5) is 0 Å². The van der Waals surface area contributed by atoms with Gasteiger partial charge in [0, 0.05) is 39.6 Å². The maximum atomic E-state index is 11.2. The fraction of sp³-hybridized carbons (Fsp3) is 0.467. The Bertz CT molecular complexity index is 494. The van der Waals surface area contributed by atoms with Gasteiger partial charge in [0.05, 0.1) is 5.56 Å². The molecule has 1 aliphatic rings. The number of amides is 1. The van der Waals surface area contributed by atoms with E-state index in [1.54, 1.807) is 19.1 Å². The molecule has 1 aliphatic heterocycles. The van der Waals surface area contributed by atoms with Gasteiger partial charge in [-0.3, -0.25) is 9.69 Å². The SMILES string of the molecule is CC(=O)N1CCN(CCc2ccccc2C(=O)O)CC1. The summed E-state index contributed by atoms with van der Waals surface area (Å²) >= 11 is 0. The summed E-state index contributed by atoms with van der Waals surface area (Å²) in [6.45, 7) is 5.66. The zero-order valence-corrected chi connectivity index (χ0v) is 11.7. The fourth-order valence-electron chi connectivity index (χ4n) is 2.51. The Morgan fingerprint density at radius 1 is 1.15 bits per heavy atom. The van der Waals surface area contributed by atoms with Gasteiger partial charge in [-0.25, -0.2) is 4.79 Å². The highest BCUT2D eigenvalue weighted by Crippen LogP contribution is 2.11. The van der Waals surface area contributed by atoms with E-state index in [0.29, 0.717) is 5.56 Å². The van der Waals surface area contributed by atoms with Crippen molar-refractivity contribution in [3.63, 3.8) is 0 Å². The van der Waals surface area contributed by atoms with Crippen molar-refractivity contribution in [2.24, 2.45) is 0 Å². The zero-order chi connectivity index (χ0) is 14.5. The Balaban J connectivity index is 1.88. The van der Waals surface area contributed by atoms with E-state index in [1.165, 1.54) is 0 Å². The Labute approximate surface area is 118 Å². The van der Waals surface area contributed by atoms with E-state index in [2.05, 4.69) is 4.90 Å². The lowest BCUT2D eigenvalue weighted by molar-refractivity contribution is -0.130. The molecule has 0 radical (unpaired) electrons. The van der Waals surface area contributed by atoms with E-state index < -0.39 is 5.97 Å². The van der Waals surface area contributed by atoms with E-state index in [1.807, 2.05) is 17.0 Å². The van der Waals surface area contributed by atoms with Crippen molar-refractivity contribution >= 4 is 11.9 Å². The third kappa shape index (κ3) is 3.57. The largest absolute Gasteiger partial charge is 0.478 e. The van der Waals surface area contributed by atoms with Crippen molar-refractivity contribution in [1.29, 1.82) is 0 Å². The highest BCUT2D eigenvalue weighted by molar-refractivity contribution is 5.89. The van der Waals surface area contributed by atoms with Crippen LogP contribution in [0.3, 0.4) is 0 Å². The molecule has 1 saturated heterocycles. The normalized spacial score (nSPS) is 16.1. The van der Waals surface area contributed by atoms with E-state index in [0.717, 1.165) is 44.7 Å². The summed E-state index contributed by atoms with van der Waals surface area (Å²) in [5, 5.41) is 9.14. The Kier molecular flexibility index (Phi) is 4.74. The molecule has 1 fully saturated rings. The molecule has 1 amide bonds. The summed E-state index contributed by atoms with van der Waals surface area (Å²) in [6.07, 6.45) is 0.725. The van der Waals surface area contributed by atoms with Crippen molar-refractivity contribution in [2.75, 3.05) is 32.7 Å². The lowest BCUT2D eigenvalue weighted by atomic mass is 10.0. The summed E-state index contributed by atoms with van der Waals surface area (Å²) in [4.78, 5) is 26.5. The van der Waals surface area contributed by atoms with Gasteiger partial charge in [0.2, 0.25) is 5.91 Å². The van der Waals surface area contributed by atoms with Gasteiger partial charge in [-0.05, 0) is 18.1 Å². The second-order valence-corrected chi connectivity index (χ2v) is 5.06. The second kappa shape index (κ2) is 6.52. The summed E-state index contributed by atoms with van der Waals surface area (Å²) in [6, 6.07) is 7.13. The minimum absolute atomic E-state index is 0.126. The van der Waals surface area contributed by atoms with Gasteiger partial charge in [-0.15, -0.1) is 0 Å². The highest BCUT2D eigenvalue weighted by Gasteiger charge is 2.18. The van der Waals surface area contributed by atoms with Crippen LogP contribution < -0.4 is 0 Å². The first-order valence-corrected chi connectivity index (χ1v) is 6.87. The van der Waals surface area contributed by atoms with Crippen LogP contribution in [0.5, 0.6) is 0 Å². The van der Waals surface area contributed by atoms with Crippen molar-refractivity contribution < 1.29 is 14.7 Å². The number of hydrogen-bond acceptors (Lipinski definition) is 3. The van der Waals surface area contributed by atoms with Crippen LogP contribution in [-0.2, 0) is 11.2 Å². The molecule has 0 atom stereocenters. The van der Waals surface area contributed by atoms with Gasteiger partial charge in [0.1, 0.15) is 0 Å². The Hall–Kier alpha value is -1.88. The molecule has 1 heterocycles. The summed E-state index contributed by atoms with van der Waals surface area (Å²) in [7, 11) is 0. The number of carboxylic acid groups (broad SMARTS) is 1. The van der Waals surface area contributed by atoms with Crippen molar-refractivity contribution in [3.05, 3.63) is 35.4 Å². The molecule has 2 rings (SSSR count). The van der Waals surface area contributed by atoms with E-state index in [-0.39, 0.29) is 5.91 Å². The minimum atomic E-state index is -0.873. The molecule has 1 aromatic rings. The Morgan fingerprint density at radius 2 is 1.80 bits per heavy atom. The van der Waals surface area contributed by atoms with Crippen molar-refractivity contribution in [3.8, 4) is 0 Å². The molecular weight excluding hydrogens is 256 g/mol. The number of carbonyl (C=O) groups excluding carboxylic acids is 1. The maximum Gasteiger partial charge on any atom is 0.335 e. The average molecular weight is 276 g/mol. The standard InChI is InChI=1S/C15H20N2O3/c1-12(18)17-10-8-16(9-11-17)7-6-13-4-2-3-5-14(13)15(19)20/h2-5H,6-11H2,1H3,(H,19,20).